The van der Waals surface area contributed by atoms with E-state index in [1.807, 2.05) is 42.5 Å². The molecule has 2 aromatic heterocycles. The van der Waals surface area contributed by atoms with Crippen LogP contribution in [-0.4, -0.2) is 34.5 Å². The minimum absolute atomic E-state index is 0.0859. The number of nitrogens with zero attached hydrogens (tertiary/aromatic N) is 2. The second-order valence-electron chi connectivity index (χ2n) is 7.80. The van der Waals surface area contributed by atoms with Gasteiger partial charge in [0.15, 0.2) is 11.6 Å². The van der Waals surface area contributed by atoms with Gasteiger partial charge in [0.05, 0.1) is 31.1 Å². The Kier molecular flexibility index (Phi) is 7.72. The Bertz CT molecular complexity index is 1240. The van der Waals surface area contributed by atoms with Crippen LogP contribution in [0.2, 0.25) is 5.02 Å². The summed E-state index contributed by atoms with van der Waals surface area (Å²) in [7, 11) is 0. The SMILES string of the molecule is CCCOc1ccc(-c2ccc(-c3ccccc3Cl)n2Cc2ccc(OCCO)c(N)n2)cc1. The standard InChI is InChI=1S/C27H28ClN3O3/c1-2-16-33-21-10-7-19(8-11-21)24-12-13-25(22-5-3-4-6-23(22)28)31(24)18-20-9-14-26(27(29)30-20)34-17-15-32/h3-14,32H,2,15-18H2,1H3,(H2,29,30). The van der Waals surface area contributed by atoms with Crippen molar-refractivity contribution in [2.24, 2.45) is 0 Å². The average molecular weight is 478 g/mol. The summed E-state index contributed by atoms with van der Waals surface area (Å²) in [5.74, 6) is 1.60. The summed E-state index contributed by atoms with van der Waals surface area (Å²) in [5.41, 5.74) is 10.9. The first-order valence-corrected chi connectivity index (χ1v) is 11.6. The van der Waals surface area contributed by atoms with Crippen molar-refractivity contribution in [1.82, 2.24) is 9.55 Å². The Morgan fingerprint density at radius 2 is 1.68 bits per heavy atom. The third-order valence-electron chi connectivity index (χ3n) is 5.37. The van der Waals surface area contributed by atoms with Crippen LogP contribution < -0.4 is 15.2 Å². The fraction of sp³-hybridized carbons (Fsp3) is 0.222. The first-order valence-electron chi connectivity index (χ1n) is 11.3. The quantitative estimate of drug-likeness (QED) is 0.308. The van der Waals surface area contributed by atoms with Gasteiger partial charge in [0, 0.05) is 16.3 Å². The van der Waals surface area contributed by atoms with E-state index >= 15 is 0 Å². The second kappa shape index (κ2) is 11.1. The molecule has 176 valence electrons. The maximum atomic E-state index is 9.00. The van der Waals surface area contributed by atoms with Gasteiger partial charge in [-0.25, -0.2) is 4.98 Å². The number of rotatable bonds is 10. The number of aliphatic hydroxyl groups is 1. The van der Waals surface area contributed by atoms with E-state index in [0.29, 0.717) is 23.9 Å². The minimum atomic E-state index is -0.0859. The highest BCUT2D eigenvalue weighted by atomic mass is 35.5. The molecule has 0 aliphatic heterocycles. The van der Waals surface area contributed by atoms with E-state index in [0.717, 1.165) is 40.4 Å². The first kappa shape index (κ1) is 23.7. The molecule has 0 unspecified atom stereocenters. The van der Waals surface area contributed by atoms with Crippen LogP contribution >= 0.6 is 11.6 Å². The predicted molar refractivity (Wildman–Crippen MR) is 136 cm³/mol. The maximum absolute atomic E-state index is 9.00. The van der Waals surface area contributed by atoms with Gasteiger partial charge in [-0.05, 0) is 66.6 Å². The van der Waals surface area contributed by atoms with Crippen LogP contribution in [0.1, 0.15) is 19.0 Å². The third kappa shape index (κ3) is 5.35. The topological polar surface area (TPSA) is 82.5 Å². The summed E-state index contributed by atoms with van der Waals surface area (Å²) in [6.45, 7) is 3.35. The Morgan fingerprint density at radius 1 is 0.912 bits per heavy atom. The molecule has 0 amide bonds. The lowest BCUT2D eigenvalue weighted by atomic mass is 10.1. The molecular weight excluding hydrogens is 450 g/mol. The molecule has 7 heteroatoms. The molecule has 6 nitrogen and oxygen atoms in total. The molecule has 0 radical (unpaired) electrons. The molecule has 0 saturated heterocycles. The Labute approximate surface area is 204 Å². The Morgan fingerprint density at radius 3 is 2.38 bits per heavy atom. The number of aliphatic hydroxyl groups excluding tert-OH is 1. The molecule has 0 spiro atoms. The van der Waals surface area contributed by atoms with Crippen molar-refractivity contribution in [2.75, 3.05) is 25.6 Å². The van der Waals surface area contributed by atoms with Crippen LogP contribution in [0.5, 0.6) is 11.5 Å². The normalized spacial score (nSPS) is 10.9. The zero-order valence-electron chi connectivity index (χ0n) is 19.1. The highest BCUT2D eigenvalue weighted by molar-refractivity contribution is 6.33. The molecule has 0 aliphatic carbocycles. The van der Waals surface area contributed by atoms with Gasteiger partial charge >= 0.3 is 0 Å². The van der Waals surface area contributed by atoms with Crippen LogP contribution in [-0.2, 0) is 6.54 Å². The maximum Gasteiger partial charge on any atom is 0.166 e. The number of aromatic nitrogens is 2. The number of hydrogen-bond donors (Lipinski definition) is 2. The number of anilines is 1. The molecule has 4 rings (SSSR count). The van der Waals surface area contributed by atoms with Crippen molar-refractivity contribution < 1.29 is 14.6 Å². The van der Waals surface area contributed by atoms with E-state index in [1.54, 1.807) is 6.07 Å². The molecule has 4 aromatic rings. The molecule has 0 fully saturated rings. The van der Waals surface area contributed by atoms with Gasteiger partial charge in [-0.15, -0.1) is 0 Å². The van der Waals surface area contributed by atoms with Gasteiger partial charge in [-0.1, -0.05) is 36.7 Å². The van der Waals surface area contributed by atoms with E-state index in [4.69, 9.17) is 31.9 Å². The lowest BCUT2D eigenvalue weighted by molar-refractivity contribution is 0.201. The first-order chi connectivity index (χ1) is 16.6. The van der Waals surface area contributed by atoms with Gasteiger partial charge in [0.1, 0.15) is 12.4 Å². The molecule has 2 heterocycles. The van der Waals surface area contributed by atoms with Crippen molar-refractivity contribution in [2.45, 2.75) is 19.9 Å². The van der Waals surface area contributed by atoms with Crippen molar-refractivity contribution in [3.05, 3.63) is 83.5 Å². The smallest absolute Gasteiger partial charge is 0.166 e. The van der Waals surface area contributed by atoms with Gasteiger partial charge in [0.2, 0.25) is 0 Å². The van der Waals surface area contributed by atoms with E-state index < -0.39 is 0 Å². The van der Waals surface area contributed by atoms with Gasteiger partial charge in [0.25, 0.3) is 0 Å². The van der Waals surface area contributed by atoms with E-state index in [-0.39, 0.29) is 19.0 Å². The number of hydrogen-bond acceptors (Lipinski definition) is 5. The summed E-state index contributed by atoms with van der Waals surface area (Å²) in [6, 6.07) is 23.7. The molecule has 34 heavy (non-hydrogen) atoms. The number of halogens is 1. The van der Waals surface area contributed by atoms with Crippen molar-refractivity contribution >= 4 is 17.4 Å². The van der Waals surface area contributed by atoms with Crippen LogP contribution in [0, 0.1) is 0 Å². The van der Waals surface area contributed by atoms with Crippen molar-refractivity contribution in [3.8, 4) is 34.0 Å². The number of benzene rings is 2. The lowest BCUT2D eigenvalue weighted by Crippen LogP contribution is -2.09. The summed E-state index contributed by atoms with van der Waals surface area (Å²) in [4.78, 5) is 4.54. The van der Waals surface area contributed by atoms with E-state index in [1.165, 1.54) is 0 Å². The zero-order chi connectivity index (χ0) is 23.9. The van der Waals surface area contributed by atoms with Crippen LogP contribution in [0.25, 0.3) is 22.5 Å². The number of nitrogens with two attached hydrogens (primary N) is 1. The van der Waals surface area contributed by atoms with Crippen LogP contribution in [0.3, 0.4) is 0 Å². The van der Waals surface area contributed by atoms with Crippen molar-refractivity contribution in [3.63, 3.8) is 0 Å². The fourth-order valence-corrected chi connectivity index (χ4v) is 4.00. The monoisotopic (exact) mass is 477 g/mol. The number of ether oxygens (including phenoxy) is 2. The van der Waals surface area contributed by atoms with Gasteiger partial charge in [-0.2, -0.15) is 0 Å². The molecule has 0 atom stereocenters. The van der Waals surface area contributed by atoms with E-state index in [2.05, 4.69) is 40.7 Å². The Balaban J connectivity index is 1.72. The number of nitrogen functional groups attached to an aromatic ring is 1. The predicted octanol–water partition coefficient (Wildman–Crippen LogP) is 5.66. The molecular formula is C27H28ClN3O3. The van der Waals surface area contributed by atoms with Crippen molar-refractivity contribution in [1.29, 1.82) is 0 Å². The molecule has 2 aromatic carbocycles. The molecule has 0 aliphatic rings. The summed E-state index contributed by atoms with van der Waals surface area (Å²) in [5, 5.41) is 9.67. The second-order valence-corrected chi connectivity index (χ2v) is 8.21. The molecule has 3 N–H and O–H groups in total. The third-order valence-corrected chi connectivity index (χ3v) is 5.70. The van der Waals surface area contributed by atoms with Crippen LogP contribution in [0.4, 0.5) is 5.82 Å². The minimum Gasteiger partial charge on any atom is -0.494 e. The highest BCUT2D eigenvalue weighted by Gasteiger charge is 2.16. The van der Waals surface area contributed by atoms with E-state index in [9.17, 15) is 0 Å². The summed E-state index contributed by atoms with van der Waals surface area (Å²) in [6.07, 6.45) is 0.964. The summed E-state index contributed by atoms with van der Waals surface area (Å²) >= 11 is 6.55. The van der Waals surface area contributed by atoms with Gasteiger partial charge < -0.3 is 24.9 Å². The Hall–Kier alpha value is -3.48. The molecule has 0 bridgehead atoms. The fourth-order valence-electron chi connectivity index (χ4n) is 3.77. The zero-order valence-corrected chi connectivity index (χ0v) is 19.8. The lowest BCUT2D eigenvalue weighted by Gasteiger charge is -2.16. The largest absolute Gasteiger partial charge is 0.494 e. The highest BCUT2D eigenvalue weighted by Crippen LogP contribution is 2.34. The number of pyridine rings is 1. The average Bonchev–Trinajstić information content (AvgIpc) is 3.26. The van der Waals surface area contributed by atoms with Gasteiger partial charge in [-0.3, -0.25) is 0 Å². The summed E-state index contributed by atoms with van der Waals surface area (Å²) < 4.78 is 13.4. The molecule has 0 saturated carbocycles. The van der Waals surface area contributed by atoms with Crippen LogP contribution in [0.15, 0.2) is 72.8 Å².